The van der Waals surface area contributed by atoms with Crippen LogP contribution >= 0.6 is 15.9 Å². The highest BCUT2D eigenvalue weighted by atomic mass is 79.9. The first-order valence-electron chi connectivity index (χ1n) is 6.38. The lowest BCUT2D eigenvalue weighted by Gasteiger charge is -2.18. The molecular formula is C15H17BrN2O2S. The molecule has 2 aromatic carbocycles. The minimum Gasteiger partial charge on any atom is -0.398 e. The van der Waals surface area contributed by atoms with Crippen molar-refractivity contribution in [3.05, 3.63) is 58.1 Å². The normalized spacial score (nSPS) is 11.8. The largest absolute Gasteiger partial charge is 0.398 e. The Kier molecular flexibility index (Phi) is 4.70. The molecule has 21 heavy (non-hydrogen) atoms. The van der Waals surface area contributed by atoms with E-state index in [1.807, 2.05) is 31.2 Å². The van der Waals surface area contributed by atoms with Crippen molar-refractivity contribution in [2.75, 3.05) is 12.8 Å². The van der Waals surface area contributed by atoms with Gasteiger partial charge < -0.3 is 5.73 Å². The molecule has 0 radical (unpaired) electrons. The van der Waals surface area contributed by atoms with Gasteiger partial charge in [0, 0.05) is 23.8 Å². The highest BCUT2D eigenvalue weighted by Gasteiger charge is 2.22. The number of halogens is 1. The summed E-state index contributed by atoms with van der Waals surface area (Å²) in [6.45, 7) is 2.13. The molecule has 0 bridgehead atoms. The van der Waals surface area contributed by atoms with Crippen molar-refractivity contribution in [1.29, 1.82) is 0 Å². The zero-order valence-electron chi connectivity index (χ0n) is 11.9. The van der Waals surface area contributed by atoms with Gasteiger partial charge >= 0.3 is 0 Å². The van der Waals surface area contributed by atoms with Gasteiger partial charge in [-0.05, 0) is 36.2 Å². The Morgan fingerprint density at radius 3 is 2.48 bits per heavy atom. The van der Waals surface area contributed by atoms with E-state index in [9.17, 15) is 8.42 Å². The van der Waals surface area contributed by atoms with Crippen LogP contribution in [-0.4, -0.2) is 19.8 Å². The van der Waals surface area contributed by atoms with Crippen LogP contribution in [0.5, 0.6) is 0 Å². The molecule has 0 fully saturated rings. The van der Waals surface area contributed by atoms with Crippen LogP contribution in [0.1, 0.15) is 11.1 Å². The number of aryl methyl sites for hydroxylation is 1. The van der Waals surface area contributed by atoms with Gasteiger partial charge in [-0.2, -0.15) is 4.31 Å². The molecule has 6 heteroatoms. The van der Waals surface area contributed by atoms with E-state index in [0.29, 0.717) is 5.69 Å². The van der Waals surface area contributed by atoms with Gasteiger partial charge in [0.2, 0.25) is 10.0 Å². The topological polar surface area (TPSA) is 63.4 Å². The number of rotatable bonds is 4. The molecule has 112 valence electrons. The maximum atomic E-state index is 12.6. The van der Waals surface area contributed by atoms with Crippen LogP contribution in [0.2, 0.25) is 0 Å². The van der Waals surface area contributed by atoms with E-state index in [1.54, 1.807) is 19.2 Å². The Labute approximate surface area is 133 Å². The lowest BCUT2D eigenvalue weighted by molar-refractivity contribution is 0.466. The molecule has 0 amide bonds. The van der Waals surface area contributed by atoms with Crippen LogP contribution in [0.3, 0.4) is 0 Å². The fourth-order valence-electron chi connectivity index (χ4n) is 1.91. The molecule has 0 saturated carbocycles. The summed E-state index contributed by atoms with van der Waals surface area (Å²) >= 11 is 3.43. The second kappa shape index (κ2) is 6.17. The van der Waals surface area contributed by atoms with Crippen LogP contribution in [0, 0.1) is 6.92 Å². The van der Waals surface area contributed by atoms with E-state index >= 15 is 0 Å². The van der Waals surface area contributed by atoms with Gasteiger partial charge in [-0.3, -0.25) is 0 Å². The first-order chi connectivity index (χ1) is 9.82. The number of sulfonamides is 1. The Morgan fingerprint density at radius 2 is 1.86 bits per heavy atom. The molecule has 0 spiro atoms. The van der Waals surface area contributed by atoms with Crippen molar-refractivity contribution < 1.29 is 8.42 Å². The average Bonchev–Trinajstić information content (AvgIpc) is 2.44. The minimum atomic E-state index is -3.56. The maximum absolute atomic E-state index is 12.6. The van der Waals surface area contributed by atoms with E-state index < -0.39 is 10.0 Å². The molecule has 0 saturated heterocycles. The predicted octanol–water partition coefficient (Wildman–Crippen LogP) is 3.16. The van der Waals surface area contributed by atoms with E-state index in [2.05, 4.69) is 15.9 Å². The molecule has 0 heterocycles. The molecule has 2 aromatic rings. The Morgan fingerprint density at radius 1 is 1.19 bits per heavy atom. The van der Waals surface area contributed by atoms with Crippen molar-refractivity contribution in [3.63, 3.8) is 0 Å². The lowest BCUT2D eigenvalue weighted by atomic mass is 10.2. The maximum Gasteiger partial charge on any atom is 0.243 e. The summed E-state index contributed by atoms with van der Waals surface area (Å²) in [5, 5.41) is 0. The van der Waals surface area contributed by atoms with E-state index in [-0.39, 0.29) is 11.4 Å². The second-order valence-electron chi connectivity index (χ2n) is 4.87. The Bertz CT molecular complexity index is 760. The highest BCUT2D eigenvalue weighted by molar-refractivity contribution is 9.10. The van der Waals surface area contributed by atoms with E-state index in [4.69, 9.17) is 5.73 Å². The van der Waals surface area contributed by atoms with Gasteiger partial charge in [-0.1, -0.05) is 40.2 Å². The van der Waals surface area contributed by atoms with Gasteiger partial charge in [0.05, 0.1) is 4.90 Å². The van der Waals surface area contributed by atoms with Gasteiger partial charge in [0.1, 0.15) is 0 Å². The summed E-state index contributed by atoms with van der Waals surface area (Å²) in [6.07, 6.45) is 0. The number of nitrogens with zero attached hydrogens (tertiary/aromatic N) is 1. The lowest BCUT2D eigenvalue weighted by Crippen LogP contribution is -2.26. The summed E-state index contributed by atoms with van der Waals surface area (Å²) in [6, 6.07) is 12.3. The number of hydrogen-bond acceptors (Lipinski definition) is 3. The first kappa shape index (κ1) is 16.0. The summed E-state index contributed by atoms with van der Waals surface area (Å²) in [7, 11) is -2.00. The molecule has 0 aliphatic rings. The summed E-state index contributed by atoms with van der Waals surface area (Å²) in [5.41, 5.74) is 8.05. The predicted molar refractivity (Wildman–Crippen MR) is 88.4 cm³/mol. The van der Waals surface area contributed by atoms with Crippen molar-refractivity contribution in [2.45, 2.75) is 18.4 Å². The third kappa shape index (κ3) is 3.45. The Hall–Kier alpha value is -1.37. The monoisotopic (exact) mass is 368 g/mol. The van der Waals surface area contributed by atoms with Gasteiger partial charge in [0.25, 0.3) is 0 Å². The average molecular weight is 369 g/mol. The molecule has 0 aliphatic carbocycles. The third-order valence-corrected chi connectivity index (χ3v) is 5.88. The number of benzene rings is 2. The summed E-state index contributed by atoms with van der Waals surface area (Å²) in [5.74, 6) is 0. The molecule has 0 aromatic heterocycles. The standard InChI is InChI=1S/C15H17BrN2O2S/c1-11-7-8-13(9-15(11)17)21(19,20)18(2)10-12-5-3-4-6-14(12)16/h3-9H,10,17H2,1-2H3. The Balaban J connectivity index is 2.30. The van der Waals surface area contributed by atoms with Crippen LogP contribution in [-0.2, 0) is 16.6 Å². The van der Waals surface area contributed by atoms with Gasteiger partial charge in [-0.25, -0.2) is 8.42 Å². The zero-order valence-corrected chi connectivity index (χ0v) is 14.3. The molecule has 0 aliphatic heterocycles. The van der Waals surface area contributed by atoms with Crippen molar-refractivity contribution in [3.8, 4) is 0 Å². The quantitative estimate of drug-likeness (QED) is 0.842. The number of anilines is 1. The third-order valence-electron chi connectivity index (χ3n) is 3.31. The number of nitrogen functional groups attached to an aromatic ring is 1. The van der Waals surface area contributed by atoms with Crippen LogP contribution < -0.4 is 5.73 Å². The zero-order chi connectivity index (χ0) is 15.6. The second-order valence-corrected chi connectivity index (χ2v) is 7.77. The fourth-order valence-corrected chi connectivity index (χ4v) is 3.51. The van der Waals surface area contributed by atoms with E-state index in [1.165, 1.54) is 10.4 Å². The van der Waals surface area contributed by atoms with Crippen molar-refractivity contribution in [1.82, 2.24) is 4.31 Å². The minimum absolute atomic E-state index is 0.208. The molecule has 0 unspecified atom stereocenters. The molecule has 2 rings (SSSR count). The SMILES string of the molecule is Cc1ccc(S(=O)(=O)N(C)Cc2ccccc2Br)cc1N. The van der Waals surface area contributed by atoms with Crippen LogP contribution in [0.25, 0.3) is 0 Å². The van der Waals surface area contributed by atoms with Crippen LogP contribution in [0.15, 0.2) is 51.8 Å². The molecule has 2 N–H and O–H groups in total. The fraction of sp³-hybridized carbons (Fsp3) is 0.200. The first-order valence-corrected chi connectivity index (χ1v) is 8.61. The van der Waals surface area contributed by atoms with Gasteiger partial charge in [0.15, 0.2) is 0 Å². The molecule has 0 atom stereocenters. The number of hydrogen-bond donors (Lipinski definition) is 1. The van der Waals surface area contributed by atoms with Crippen molar-refractivity contribution >= 4 is 31.6 Å². The van der Waals surface area contributed by atoms with E-state index in [0.717, 1.165) is 15.6 Å². The van der Waals surface area contributed by atoms with Crippen molar-refractivity contribution in [2.24, 2.45) is 0 Å². The summed E-state index contributed by atoms with van der Waals surface area (Å²) in [4.78, 5) is 0.208. The smallest absolute Gasteiger partial charge is 0.243 e. The van der Waals surface area contributed by atoms with Crippen LogP contribution in [0.4, 0.5) is 5.69 Å². The molecule has 4 nitrogen and oxygen atoms in total. The molecular weight excluding hydrogens is 352 g/mol. The summed E-state index contributed by atoms with van der Waals surface area (Å²) < 4.78 is 27.3. The highest BCUT2D eigenvalue weighted by Crippen LogP contribution is 2.23. The van der Waals surface area contributed by atoms with Gasteiger partial charge in [-0.15, -0.1) is 0 Å². The number of nitrogens with two attached hydrogens (primary N) is 1.